The van der Waals surface area contributed by atoms with E-state index in [1.165, 1.54) is 23.9 Å². The Morgan fingerprint density at radius 3 is 2.61 bits per heavy atom. The second-order valence-electron chi connectivity index (χ2n) is 6.71. The van der Waals surface area contributed by atoms with Crippen molar-refractivity contribution in [2.45, 2.75) is 17.7 Å². The zero-order valence-corrected chi connectivity index (χ0v) is 17.0. The lowest BCUT2D eigenvalue weighted by Gasteiger charge is -2.25. The van der Waals surface area contributed by atoms with Crippen LogP contribution in [0.4, 0.5) is 10.1 Å². The molecule has 0 spiro atoms. The normalized spacial score (nSPS) is 24.5. The van der Waals surface area contributed by atoms with Crippen molar-refractivity contribution in [3.05, 3.63) is 64.9 Å². The third kappa shape index (κ3) is 3.94. The molecule has 0 aromatic heterocycles. The van der Waals surface area contributed by atoms with E-state index >= 15 is 0 Å². The number of anilines is 1. The molecule has 28 heavy (non-hydrogen) atoms. The van der Waals surface area contributed by atoms with Gasteiger partial charge in [0.15, 0.2) is 15.0 Å². The molecule has 2 aromatic rings. The minimum atomic E-state index is -3.14. The smallest absolute Gasteiger partial charge is 0.252 e. The van der Waals surface area contributed by atoms with E-state index in [1.54, 1.807) is 41.3 Å². The number of carbonyl (C=O) groups excluding carboxylic acids is 1. The van der Waals surface area contributed by atoms with Crippen LogP contribution >= 0.6 is 23.4 Å². The van der Waals surface area contributed by atoms with Crippen LogP contribution in [0.3, 0.4) is 0 Å². The lowest BCUT2D eigenvalue weighted by Crippen LogP contribution is -2.38. The van der Waals surface area contributed by atoms with Crippen molar-refractivity contribution in [3.63, 3.8) is 0 Å². The van der Waals surface area contributed by atoms with Crippen LogP contribution in [0.15, 0.2) is 53.5 Å². The number of nitrogens with zero attached hydrogens (tertiary/aromatic N) is 2. The van der Waals surface area contributed by atoms with Crippen molar-refractivity contribution < 1.29 is 17.6 Å². The molecule has 9 heteroatoms. The molecule has 4 rings (SSSR count). The third-order valence-electron chi connectivity index (χ3n) is 4.67. The number of halogens is 2. The summed E-state index contributed by atoms with van der Waals surface area (Å²) in [5, 5.41) is 0.718. The maximum atomic E-state index is 13.0. The summed E-state index contributed by atoms with van der Waals surface area (Å²) in [4.78, 5) is 18.5. The molecule has 146 valence electrons. The van der Waals surface area contributed by atoms with Gasteiger partial charge in [0.25, 0.3) is 5.91 Å². The summed E-state index contributed by atoms with van der Waals surface area (Å²) in [5.41, 5.74) is 1.29. The predicted molar refractivity (Wildman–Crippen MR) is 110 cm³/mol. The van der Waals surface area contributed by atoms with Gasteiger partial charge >= 0.3 is 0 Å². The van der Waals surface area contributed by atoms with Gasteiger partial charge < -0.3 is 4.90 Å². The van der Waals surface area contributed by atoms with E-state index in [1.807, 2.05) is 0 Å². The molecule has 0 radical (unpaired) electrons. The van der Waals surface area contributed by atoms with E-state index in [9.17, 15) is 17.6 Å². The molecule has 0 unspecified atom stereocenters. The summed E-state index contributed by atoms with van der Waals surface area (Å²) < 4.78 is 37.2. The first kappa shape index (κ1) is 19.4. The number of hydrogen-bond acceptors (Lipinski definition) is 4. The van der Waals surface area contributed by atoms with Gasteiger partial charge in [0.1, 0.15) is 5.82 Å². The zero-order chi connectivity index (χ0) is 19.9. The van der Waals surface area contributed by atoms with Gasteiger partial charge in [-0.15, -0.1) is 0 Å². The minimum Gasteiger partial charge on any atom is -0.314 e. The van der Waals surface area contributed by atoms with Gasteiger partial charge in [-0.1, -0.05) is 47.6 Å². The average Bonchev–Trinajstić information content (AvgIpc) is 3.08. The topological polar surface area (TPSA) is 66.8 Å². The maximum Gasteiger partial charge on any atom is 0.252 e. The van der Waals surface area contributed by atoms with E-state index in [-0.39, 0.29) is 40.9 Å². The number of amidine groups is 1. The fourth-order valence-corrected chi connectivity index (χ4v) is 7.57. The molecule has 2 fully saturated rings. The molecule has 1 amide bonds. The van der Waals surface area contributed by atoms with Gasteiger partial charge in [-0.25, -0.2) is 12.8 Å². The minimum absolute atomic E-state index is 0.00105. The first-order valence-corrected chi connectivity index (χ1v) is 11.7. The van der Waals surface area contributed by atoms with Crippen LogP contribution in [0.2, 0.25) is 5.02 Å². The Kier molecular flexibility index (Phi) is 5.20. The largest absolute Gasteiger partial charge is 0.314 e. The monoisotopic (exact) mass is 438 g/mol. The second kappa shape index (κ2) is 7.50. The number of rotatable bonds is 3. The van der Waals surface area contributed by atoms with Crippen LogP contribution in [0.25, 0.3) is 0 Å². The third-order valence-corrected chi connectivity index (χ3v) is 8.20. The molecule has 0 bridgehead atoms. The highest BCUT2D eigenvalue weighted by Crippen LogP contribution is 2.42. The van der Waals surface area contributed by atoms with Crippen molar-refractivity contribution >= 4 is 50.0 Å². The number of benzene rings is 2. The van der Waals surface area contributed by atoms with Crippen LogP contribution in [-0.2, 0) is 21.1 Å². The summed E-state index contributed by atoms with van der Waals surface area (Å²) in [6.45, 7) is 0. The molecule has 0 N–H and O–H groups in total. The van der Waals surface area contributed by atoms with Gasteiger partial charge in [-0.2, -0.15) is 4.99 Å². The Balaban J connectivity index is 1.65. The maximum absolute atomic E-state index is 13.0. The molecule has 2 aliphatic heterocycles. The molecule has 2 heterocycles. The molecule has 0 saturated carbocycles. The first-order chi connectivity index (χ1) is 13.3. The predicted octanol–water partition coefficient (Wildman–Crippen LogP) is 3.32. The van der Waals surface area contributed by atoms with Crippen molar-refractivity contribution in [3.8, 4) is 0 Å². The average molecular weight is 439 g/mol. The summed E-state index contributed by atoms with van der Waals surface area (Å²) in [6, 6.07) is 12.5. The highest BCUT2D eigenvalue weighted by atomic mass is 35.5. The number of thioether (sulfide) groups is 1. The summed E-state index contributed by atoms with van der Waals surface area (Å²) >= 11 is 7.63. The first-order valence-electron chi connectivity index (χ1n) is 8.59. The standard InChI is InChI=1S/C19H16ClFN2O3S2/c20-14-3-1-2-4-15(14)23-16-10-28(25,26)11-17(16)27-19(23)22-18(24)9-12-5-7-13(21)8-6-12/h1-8,16-17H,9-11H2/t16-,17+/m1/s1. The number of aliphatic imine (C=N–C) groups is 1. The summed E-state index contributed by atoms with van der Waals surface area (Å²) in [7, 11) is -3.14. The van der Waals surface area contributed by atoms with Crippen molar-refractivity contribution in [2.75, 3.05) is 16.4 Å². The Labute approximate surface area is 171 Å². The molecule has 5 nitrogen and oxygen atoms in total. The lowest BCUT2D eigenvalue weighted by atomic mass is 10.1. The van der Waals surface area contributed by atoms with Crippen molar-refractivity contribution in [2.24, 2.45) is 4.99 Å². The molecule has 2 aliphatic rings. The summed E-state index contributed by atoms with van der Waals surface area (Å²) in [6.07, 6.45) is 0.0360. The van der Waals surface area contributed by atoms with E-state index < -0.39 is 9.84 Å². The van der Waals surface area contributed by atoms with Crippen LogP contribution in [-0.4, -0.2) is 42.3 Å². The molecule has 2 saturated heterocycles. The molecular formula is C19H16ClFN2O3S2. The van der Waals surface area contributed by atoms with Gasteiger partial charge in [-0.05, 0) is 29.8 Å². The van der Waals surface area contributed by atoms with Crippen LogP contribution in [0, 0.1) is 5.82 Å². The van der Waals surface area contributed by atoms with E-state index in [0.29, 0.717) is 21.4 Å². The Morgan fingerprint density at radius 2 is 1.89 bits per heavy atom. The van der Waals surface area contributed by atoms with Gasteiger partial charge in [-0.3, -0.25) is 4.79 Å². The summed E-state index contributed by atoms with van der Waals surface area (Å²) in [5.74, 6) is -0.697. The van der Waals surface area contributed by atoms with Crippen molar-refractivity contribution in [1.29, 1.82) is 0 Å². The zero-order valence-electron chi connectivity index (χ0n) is 14.6. The van der Waals surface area contributed by atoms with E-state index in [4.69, 9.17) is 11.6 Å². The SMILES string of the molecule is O=C(Cc1ccc(F)cc1)N=C1S[C@H]2CS(=O)(=O)C[C@H]2N1c1ccccc1Cl. The number of hydrogen-bond donors (Lipinski definition) is 0. The highest BCUT2D eigenvalue weighted by molar-refractivity contribution is 8.16. The van der Waals surface area contributed by atoms with Gasteiger partial charge in [0.2, 0.25) is 0 Å². The number of carbonyl (C=O) groups is 1. The highest BCUT2D eigenvalue weighted by Gasteiger charge is 2.49. The Hall–Kier alpha value is -1.90. The quantitative estimate of drug-likeness (QED) is 0.735. The second-order valence-corrected chi connectivity index (χ2v) is 10.5. The van der Waals surface area contributed by atoms with Gasteiger partial charge in [0.05, 0.1) is 34.7 Å². The molecule has 2 aromatic carbocycles. The van der Waals surface area contributed by atoms with E-state index in [2.05, 4.69) is 4.99 Å². The van der Waals surface area contributed by atoms with Crippen LogP contribution in [0.5, 0.6) is 0 Å². The number of sulfone groups is 1. The lowest BCUT2D eigenvalue weighted by molar-refractivity contribution is -0.117. The fraction of sp³-hybridized carbons (Fsp3) is 0.263. The van der Waals surface area contributed by atoms with Gasteiger partial charge in [0, 0.05) is 5.25 Å². The van der Waals surface area contributed by atoms with Crippen LogP contribution in [0.1, 0.15) is 5.56 Å². The molecule has 2 atom stereocenters. The number of para-hydroxylation sites is 1. The van der Waals surface area contributed by atoms with E-state index in [0.717, 1.165) is 0 Å². The van der Waals surface area contributed by atoms with Crippen LogP contribution < -0.4 is 4.90 Å². The molecule has 0 aliphatic carbocycles. The number of amides is 1. The fourth-order valence-electron chi connectivity index (χ4n) is 3.42. The van der Waals surface area contributed by atoms with Crippen molar-refractivity contribution in [1.82, 2.24) is 0 Å². The Bertz CT molecular complexity index is 1060. The molecular weight excluding hydrogens is 423 g/mol. The number of fused-ring (bicyclic) bond motifs is 1. The Morgan fingerprint density at radius 1 is 1.18 bits per heavy atom.